The molecular weight excluding hydrogens is 250 g/mol. The lowest BCUT2D eigenvalue weighted by molar-refractivity contribution is -0.146. The second kappa shape index (κ2) is 5.18. The van der Waals surface area contributed by atoms with Gasteiger partial charge in [0.25, 0.3) is 0 Å². The van der Waals surface area contributed by atoms with Crippen molar-refractivity contribution in [3.05, 3.63) is 35.2 Å². The summed E-state index contributed by atoms with van der Waals surface area (Å²) in [5, 5.41) is 12.1. The van der Waals surface area contributed by atoms with Crippen molar-refractivity contribution in [2.75, 3.05) is 6.54 Å². The van der Waals surface area contributed by atoms with E-state index in [1.807, 2.05) is 29.6 Å². The molecule has 18 heavy (non-hydrogen) atoms. The van der Waals surface area contributed by atoms with Gasteiger partial charge in [0.15, 0.2) is 6.04 Å². The lowest BCUT2D eigenvalue weighted by Crippen LogP contribution is -2.32. The maximum atomic E-state index is 11.4. The molecule has 0 fully saturated rings. The maximum Gasteiger partial charge on any atom is 0.331 e. The Morgan fingerprint density at radius 3 is 2.83 bits per heavy atom. The minimum absolute atomic E-state index is 0.366. The Morgan fingerprint density at radius 1 is 1.50 bits per heavy atom. The molecule has 5 heteroatoms. The topological polar surface area (TPSA) is 57.6 Å². The molecule has 1 atom stereocenters. The third-order valence-electron chi connectivity index (χ3n) is 2.87. The molecule has 1 heterocycles. The quantitative estimate of drug-likeness (QED) is 0.843. The first-order valence-corrected chi connectivity index (χ1v) is 6.47. The molecule has 0 saturated carbocycles. The number of nitrogens with zero attached hydrogens (tertiary/aromatic N) is 1. The molecule has 1 unspecified atom stereocenters. The zero-order chi connectivity index (χ0) is 13.1. The first-order valence-electron chi connectivity index (χ1n) is 5.59. The molecule has 1 N–H and O–H groups in total. The number of benzene rings is 1. The molecule has 2 aromatic rings. The van der Waals surface area contributed by atoms with E-state index in [0.29, 0.717) is 18.5 Å². The Labute approximate surface area is 108 Å². The summed E-state index contributed by atoms with van der Waals surface area (Å²) in [6.07, 6.45) is 0.589. The van der Waals surface area contributed by atoms with Gasteiger partial charge in [0.2, 0.25) is 6.41 Å². The Kier molecular flexibility index (Phi) is 3.62. The molecule has 94 valence electrons. The highest BCUT2D eigenvalue weighted by atomic mass is 32.1. The summed E-state index contributed by atoms with van der Waals surface area (Å²) in [6.45, 7) is 2.13. The van der Waals surface area contributed by atoms with Gasteiger partial charge in [-0.3, -0.25) is 4.79 Å². The van der Waals surface area contributed by atoms with Crippen molar-refractivity contribution in [2.24, 2.45) is 0 Å². The van der Waals surface area contributed by atoms with Gasteiger partial charge in [-0.1, -0.05) is 18.2 Å². The summed E-state index contributed by atoms with van der Waals surface area (Å²) in [4.78, 5) is 23.7. The first kappa shape index (κ1) is 12.6. The third kappa shape index (κ3) is 2.09. The molecule has 0 radical (unpaired) electrons. The van der Waals surface area contributed by atoms with Gasteiger partial charge in [0.05, 0.1) is 0 Å². The van der Waals surface area contributed by atoms with Crippen LogP contribution in [0, 0.1) is 0 Å². The summed E-state index contributed by atoms with van der Waals surface area (Å²) in [5.74, 6) is -1.01. The van der Waals surface area contributed by atoms with E-state index in [1.165, 1.54) is 16.2 Å². The van der Waals surface area contributed by atoms with E-state index in [-0.39, 0.29) is 0 Å². The second-order valence-electron chi connectivity index (χ2n) is 3.86. The number of rotatable bonds is 5. The van der Waals surface area contributed by atoms with Crippen LogP contribution in [-0.2, 0) is 9.59 Å². The number of likely N-dealkylation sites (N-methyl/N-ethyl adjacent to an activating group) is 1. The minimum atomic E-state index is -1.01. The van der Waals surface area contributed by atoms with Crippen LogP contribution in [0.5, 0.6) is 0 Å². The number of aliphatic carboxylic acids is 1. The fourth-order valence-electron chi connectivity index (χ4n) is 1.98. The molecule has 1 aromatic heterocycles. The minimum Gasteiger partial charge on any atom is -0.479 e. The Bertz CT molecular complexity index is 578. The molecule has 0 saturated heterocycles. The smallest absolute Gasteiger partial charge is 0.331 e. The van der Waals surface area contributed by atoms with Crippen molar-refractivity contribution in [1.82, 2.24) is 4.90 Å². The molecule has 0 aliphatic heterocycles. The number of carboxylic acids is 1. The normalized spacial score (nSPS) is 12.3. The van der Waals surface area contributed by atoms with Gasteiger partial charge in [-0.25, -0.2) is 4.79 Å². The molecule has 1 amide bonds. The zero-order valence-corrected chi connectivity index (χ0v) is 10.7. The van der Waals surface area contributed by atoms with Crippen molar-refractivity contribution in [3.63, 3.8) is 0 Å². The van der Waals surface area contributed by atoms with Crippen LogP contribution in [0.4, 0.5) is 0 Å². The van der Waals surface area contributed by atoms with Gasteiger partial charge in [-0.15, -0.1) is 11.3 Å². The van der Waals surface area contributed by atoms with Crippen molar-refractivity contribution in [3.8, 4) is 0 Å². The highest BCUT2D eigenvalue weighted by Gasteiger charge is 2.27. The number of fused-ring (bicyclic) bond motifs is 1. The number of carbonyl (C=O) groups excluding carboxylic acids is 1. The number of amides is 1. The van der Waals surface area contributed by atoms with Gasteiger partial charge in [0.1, 0.15) is 0 Å². The summed E-state index contributed by atoms with van der Waals surface area (Å²) in [5.41, 5.74) is 0.678. The van der Waals surface area contributed by atoms with E-state index in [9.17, 15) is 14.7 Å². The highest BCUT2D eigenvalue weighted by molar-refractivity contribution is 7.17. The van der Waals surface area contributed by atoms with E-state index in [0.717, 1.165) is 10.1 Å². The fourth-order valence-corrected chi connectivity index (χ4v) is 2.96. The van der Waals surface area contributed by atoms with Crippen LogP contribution in [0.15, 0.2) is 29.6 Å². The predicted molar refractivity (Wildman–Crippen MR) is 70.6 cm³/mol. The average Bonchev–Trinajstić information content (AvgIpc) is 2.79. The van der Waals surface area contributed by atoms with E-state index in [1.54, 1.807) is 6.92 Å². The van der Waals surface area contributed by atoms with E-state index in [4.69, 9.17) is 0 Å². The molecule has 0 aliphatic rings. The van der Waals surface area contributed by atoms with Crippen molar-refractivity contribution in [2.45, 2.75) is 13.0 Å². The second-order valence-corrected chi connectivity index (χ2v) is 4.78. The van der Waals surface area contributed by atoms with Crippen LogP contribution in [0.2, 0.25) is 0 Å². The Morgan fingerprint density at radius 2 is 2.22 bits per heavy atom. The summed E-state index contributed by atoms with van der Waals surface area (Å²) >= 11 is 1.49. The number of hydrogen-bond donors (Lipinski definition) is 1. The zero-order valence-electron chi connectivity index (χ0n) is 9.87. The molecule has 0 aliphatic carbocycles. The summed E-state index contributed by atoms with van der Waals surface area (Å²) < 4.78 is 1.03. The van der Waals surface area contributed by atoms with Gasteiger partial charge in [-0.2, -0.15) is 0 Å². The van der Waals surface area contributed by atoms with Gasteiger partial charge in [-0.05, 0) is 23.8 Å². The van der Waals surface area contributed by atoms with E-state index in [2.05, 4.69) is 0 Å². The molecular formula is C13H13NO3S. The van der Waals surface area contributed by atoms with Crippen LogP contribution in [0.25, 0.3) is 10.1 Å². The molecule has 1 aromatic carbocycles. The number of hydrogen-bond acceptors (Lipinski definition) is 3. The van der Waals surface area contributed by atoms with Gasteiger partial charge < -0.3 is 10.0 Å². The van der Waals surface area contributed by atoms with Gasteiger partial charge in [0, 0.05) is 16.8 Å². The summed E-state index contributed by atoms with van der Waals surface area (Å²) in [7, 11) is 0. The van der Waals surface area contributed by atoms with Crippen LogP contribution in [-0.4, -0.2) is 28.9 Å². The van der Waals surface area contributed by atoms with Crippen LogP contribution in [0.1, 0.15) is 18.5 Å². The predicted octanol–water partition coefficient (Wildman–Crippen LogP) is 2.51. The molecule has 4 nitrogen and oxygen atoms in total. The molecule has 0 spiro atoms. The monoisotopic (exact) mass is 263 g/mol. The number of thiophene rings is 1. The van der Waals surface area contributed by atoms with Gasteiger partial charge >= 0.3 is 5.97 Å². The molecule has 0 bridgehead atoms. The fraction of sp³-hybridized carbons (Fsp3) is 0.231. The first-order chi connectivity index (χ1) is 8.69. The Balaban J connectivity index is 2.55. The standard InChI is InChI=1S/C13H13NO3S/c1-2-14(8-15)12(13(16)17)10-7-18-11-6-4-3-5-9(10)11/h3-8,12H,2H2,1H3,(H,16,17). The SMILES string of the molecule is CCN(C=O)C(C(=O)O)c1csc2ccccc12. The average molecular weight is 263 g/mol. The largest absolute Gasteiger partial charge is 0.479 e. The van der Waals surface area contributed by atoms with E-state index >= 15 is 0 Å². The Hall–Kier alpha value is -1.88. The lowest BCUT2D eigenvalue weighted by atomic mass is 10.0. The highest BCUT2D eigenvalue weighted by Crippen LogP contribution is 2.32. The molecule has 2 rings (SSSR count). The lowest BCUT2D eigenvalue weighted by Gasteiger charge is -2.23. The maximum absolute atomic E-state index is 11.4. The van der Waals surface area contributed by atoms with E-state index < -0.39 is 12.0 Å². The van der Waals surface area contributed by atoms with Crippen LogP contribution >= 0.6 is 11.3 Å². The third-order valence-corrected chi connectivity index (χ3v) is 3.85. The number of carboxylic acid groups (broad SMARTS) is 1. The van der Waals surface area contributed by atoms with Crippen LogP contribution in [0.3, 0.4) is 0 Å². The summed E-state index contributed by atoms with van der Waals surface area (Å²) in [6, 6.07) is 6.70. The van der Waals surface area contributed by atoms with Crippen LogP contribution < -0.4 is 0 Å². The number of carbonyl (C=O) groups is 2. The van der Waals surface area contributed by atoms with Crippen molar-refractivity contribution < 1.29 is 14.7 Å². The van der Waals surface area contributed by atoms with Crippen molar-refractivity contribution >= 4 is 33.8 Å². The van der Waals surface area contributed by atoms with Crippen molar-refractivity contribution in [1.29, 1.82) is 0 Å².